The molecule has 0 atom stereocenters. The van der Waals surface area contributed by atoms with Crippen LogP contribution in [0, 0.1) is 20.8 Å². The molecule has 1 amide bonds. The van der Waals surface area contributed by atoms with Crippen LogP contribution >= 0.6 is 0 Å². The zero-order valence-corrected chi connectivity index (χ0v) is 18.3. The number of aryl methyl sites for hydroxylation is 3. The van der Waals surface area contributed by atoms with Gasteiger partial charge >= 0.3 is 0 Å². The van der Waals surface area contributed by atoms with Gasteiger partial charge in [-0.25, -0.2) is 13.1 Å². The largest absolute Gasteiger partial charge is 0.287 e. The van der Waals surface area contributed by atoms with E-state index in [0.717, 1.165) is 5.56 Å². The van der Waals surface area contributed by atoms with E-state index in [0.29, 0.717) is 21.9 Å². The van der Waals surface area contributed by atoms with Crippen LogP contribution in [0.1, 0.15) is 47.1 Å². The van der Waals surface area contributed by atoms with Crippen LogP contribution in [0.5, 0.6) is 0 Å². The highest BCUT2D eigenvalue weighted by Crippen LogP contribution is 2.21. The third kappa shape index (κ3) is 3.99. The molecule has 9 heteroatoms. The lowest BCUT2D eigenvalue weighted by molar-refractivity contribution is 0.0939. The predicted molar refractivity (Wildman–Crippen MR) is 115 cm³/mol. The molecular weight excluding hydrogens is 404 g/mol. The summed E-state index contributed by atoms with van der Waals surface area (Å²) in [6.07, 6.45) is 0. The second kappa shape index (κ2) is 8.00. The van der Waals surface area contributed by atoms with Crippen LogP contribution in [-0.2, 0) is 10.0 Å². The minimum atomic E-state index is -4.01. The Morgan fingerprint density at radius 2 is 1.60 bits per heavy atom. The smallest absolute Gasteiger partial charge is 0.272 e. The summed E-state index contributed by atoms with van der Waals surface area (Å²) in [6.45, 7) is 8.83. The number of benzene rings is 2. The van der Waals surface area contributed by atoms with Crippen LogP contribution in [-0.4, -0.2) is 24.1 Å². The summed E-state index contributed by atoms with van der Waals surface area (Å²) in [5, 5.41) is 4.86. The van der Waals surface area contributed by atoms with Crippen molar-refractivity contribution < 1.29 is 13.2 Å². The summed E-state index contributed by atoms with van der Waals surface area (Å²) in [7, 11) is -4.01. The lowest BCUT2D eigenvalue weighted by Gasteiger charge is -2.15. The van der Waals surface area contributed by atoms with Gasteiger partial charge in [0.1, 0.15) is 0 Å². The van der Waals surface area contributed by atoms with Gasteiger partial charge in [-0.1, -0.05) is 35.9 Å². The highest BCUT2D eigenvalue weighted by Gasteiger charge is 2.23. The van der Waals surface area contributed by atoms with Gasteiger partial charge in [0.15, 0.2) is 5.69 Å². The molecule has 0 saturated heterocycles. The molecule has 0 spiro atoms. The third-order valence-electron chi connectivity index (χ3n) is 4.70. The number of nitrogens with one attached hydrogen (secondary N) is 2. The summed E-state index contributed by atoms with van der Waals surface area (Å²) in [4.78, 5) is 27.7. The highest BCUT2D eigenvalue weighted by molar-refractivity contribution is 7.89. The van der Waals surface area contributed by atoms with Crippen molar-refractivity contribution in [2.45, 2.75) is 45.6 Å². The van der Waals surface area contributed by atoms with Crippen molar-refractivity contribution in [3.63, 3.8) is 0 Å². The van der Waals surface area contributed by atoms with E-state index in [4.69, 9.17) is 0 Å². The van der Waals surface area contributed by atoms with Gasteiger partial charge in [-0.2, -0.15) is 5.10 Å². The molecular formula is C21H24N4O4S. The van der Waals surface area contributed by atoms with E-state index in [1.807, 2.05) is 6.92 Å². The Bertz CT molecular complexity index is 1290. The summed E-state index contributed by atoms with van der Waals surface area (Å²) in [5.74, 6) is -0.758. The number of nitrogens with zero attached hydrogens (tertiary/aromatic N) is 2. The second-order valence-corrected chi connectivity index (χ2v) is 9.14. The maximum atomic E-state index is 12.8. The molecule has 0 aliphatic carbocycles. The molecule has 0 aliphatic heterocycles. The van der Waals surface area contributed by atoms with E-state index in [1.165, 1.54) is 4.68 Å². The zero-order valence-electron chi connectivity index (χ0n) is 17.5. The summed E-state index contributed by atoms with van der Waals surface area (Å²) < 4.78 is 26.8. The molecule has 0 saturated carbocycles. The summed E-state index contributed by atoms with van der Waals surface area (Å²) in [6, 6.07) is 9.84. The average Bonchev–Trinajstić information content (AvgIpc) is 2.65. The number of hydrogen-bond acceptors (Lipinski definition) is 5. The van der Waals surface area contributed by atoms with Crippen molar-refractivity contribution in [1.82, 2.24) is 20.0 Å². The minimum absolute atomic E-state index is 0.0426. The lowest BCUT2D eigenvalue weighted by atomic mass is 10.1. The molecule has 0 fully saturated rings. The van der Waals surface area contributed by atoms with E-state index >= 15 is 0 Å². The normalized spacial score (nSPS) is 11.8. The van der Waals surface area contributed by atoms with Gasteiger partial charge in [-0.3, -0.25) is 15.0 Å². The fourth-order valence-electron chi connectivity index (χ4n) is 3.54. The average molecular weight is 429 g/mol. The molecule has 0 bridgehead atoms. The first-order valence-electron chi connectivity index (χ1n) is 9.44. The topological polar surface area (TPSA) is 110 Å². The number of hydrazine groups is 1. The van der Waals surface area contributed by atoms with Gasteiger partial charge < -0.3 is 0 Å². The van der Waals surface area contributed by atoms with Gasteiger partial charge in [0.2, 0.25) is 0 Å². The number of rotatable bonds is 5. The van der Waals surface area contributed by atoms with Crippen LogP contribution in [0.3, 0.4) is 0 Å². The first-order valence-corrected chi connectivity index (χ1v) is 10.9. The van der Waals surface area contributed by atoms with E-state index < -0.39 is 15.9 Å². The minimum Gasteiger partial charge on any atom is -0.272 e. The molecule has 0 aliphatic rings. The van der Waals surface area contributed by atoms with Crippen LogP contribution in [0.4, 0.5) is 0 Å². The first-order chi connectivity index (χ1) is 14.0. The molecule has 8 nitrogen and oxygen atoms in total. The quantitative estimate of drug-likeness (QED) is 0.607. The highest BCUT2D eigenvalue weighted by atomic mass is 32.2. The number of sulfonamides is 1. The maximum absolute atomic E-state index is 12.8. The number of hydrogen-bond donors (Lipinski definition) is 2. The van der Waals surface area contributed by atoms with Crippen LogP contribution in [0.15, 0.2) is 46.1 Å². The zero-order chi connectivity index (χ0) is 22.2. The van der Waals surface area contributed by atoms with Crippen LogP contribution in [0.25, 0.3) is 10.8 Å². The monoisotopic (exact) mass is 428 g/mol. The Balaban J connectivity index is 1.99. The van der Waals surface area contributed by atoms with Crippen LogP contribution < -0.4 is 15.8 Å². The molecule has 1 aromatic heterocycles. The fourth-order valence-corrected chi connectivity index (χ4v) is 4.83. The van der Waals surface area contributed by atoms with Crippen molar-refractivity contribution in [3.8, 4) is 0 Å². The Morgan fingerprint density at radius 3 is 2.17 bits per heavy atom. The Kier molecular flexibility index (Phi) is 5.78. The van der Waals surface area contributed by atoms with Crippen molar-refractivity contribution in [1.29, 1.82) is 0 Å². The summed E-state index contributed by atoms with van der Waals surface area (Å²) >= 11 is 0. The number of fused-ring (bicyclic) bond motifs is 1. The fraction of sp³-hybridized carbons (Fsp3) is 0.286. The molecule has 0 radical (unpaired) electrons. The first kappa shape index (κ1) is 21.7. The van der Waals surface area contributed by atoms with E-state index in [-0.39, 0.29) is 22.2 Å². The second-order valence-electron chi connectivity index (χ2n) is 7.53. The number of aromatic nitrogens is 2. The van der Waals surface area contributed by atoms with Crippen molar-refractivity contribution in [3.05, 3.63) is 69.1 Å². The standard InChI is InChI=1S/C21H24N4O4S/c1-12(2)25-21(27)17-9-7-6-8-16(17)18(23-25)20(26)22-24-30(28,29)19-14(4)10-13(3)11-15(19)5/h6-12,24H,1-5H3,(H,22,26). The Labute approximate surface area is 174 Å². The Hall–Kier alpha value is -3.04. The molecule has 1 heterocycles. The molecule has 158 valence electrons. The molecule has 30 heavy (non-hydrogen) atoms. The van der Waals surface area contributed by atoms with E-state index in [2.05, 4.69) is 15.4 Å². The van der Waals surface area contributed by atoms with Gasteiger partial charge in [0.25, 0.3) is 21.5 Å². The predicted octanol–water partition coefficient (Wildman–Crippen LogP) is 2.53. The molecule has 2 N–H and O–H groups in total. The Morgan fingerprint density at radius 1 is 1.03 bits per heavy atom. The van der Waals surface area contributed by atoms with Gasteiger partial charge in [-0.15, -0.1) is 4.83 Å². The number of carbonyl (C=O) groups excluding carboxylic acids is 1. The lowest BCUT2D eigenvalue weighted by Crippen LogP contribution is -2.43. The van der Waals surface area contributed by atoms with Gasteiger partial charge in [-0.05, 0) is 51.8 Å². The maximum Gasteiger partial charge on any atom is 0.287 e. The molecule has 3 rings (SSSR count). The van der Waals surface area contributed by atoms with Crippen LogP contribution in [0.2, 0.25) is 0 Å². The van der Waals surface area contributed by atoms with Gasteiger partial charge in [0, 0.05) is 5.39 Å². The van der Waals surface area contributed by atoms with Crippen molar-refractivity contribution in [2.24, 2.45) is 0 Å². The molecule has 3 aromatic rings. The third-order valence-corrected chi connectivity index (χ3v) is 6.26. The molecule has 0 unspecified atom stereocenters. The van der Waals surface area contributed by atoms with E-state index in [9.17, 15) is 18.0 Å². The number of amides is 1. The number of carbonyl (C=O) groups is 1. The van der Waals surface area contributed by atoms with Crippen molar-refractivity contribution in [2.75, 3.05) is 0 Å². The van der Waals surface area contributed by atoms with Crippen molar-refractivity contribution >= 4 is 26.7 Å². The summed E-state index contributed by atoms with van der Waals surface area (Å²) in [5.41, 5.74) is 3.97. The van der Waals surface area contributed by atoms with Gasteiger partial charge in [0.05, 0.1) is 16.3 Å². The van der Waals surface area contributed by atoms with E-state index in [1.54, 1.807) is 64.1 Å². The SMILES string of the molecule is Cc1cc(C)c(S(=O)(=O)NNC(=O)c2nn(C(C)C)c(=O)c3ccccc23)c(C)c1. The molecule has 2 aromatic carbocycles.